The lowest BCUT2D eigenvalue weighted by Gasteiger charge is -2.11. The minimum absolute atomic E-state index is 0.413. The molecule has 8 heteroatoms. The highest BCUT2D eigenvalue weighted by molar-refractivity contribution is 6.28. The predicted molar refractivity (Wildman–Crippen MR) is 144 cm³/mol. The topological polar surface area (TPSA) is 84.6 Å². The second kappa shape index (κ2) is 16.1. The van der Waals surface area contributed by atoms with Crippen LogP contribution >= 0.6 is 11.6 Å². The van der Waals surface area contributed by atoms with Crippen molar-refractivity contribution in [2.24, 2.45) is 4.99 Å². The summed E-state index contributed by atoms with van der Waals surface area (Å²) in [5.41, 5.74) is 3.67. The Morgan fingerprint density at radius 2 is 1.91 bits per heavy atom. The van der Waals surface area contributed by atoms with Gasteiger partial charge >= 0.3 is 0 Å². The number of anilines is 3. The monoisotopic (exact) mass is 483 g/mol. The summed E-state index contributed by atoms with van der Waals surface area (Å²) in [6.45, 7) is 13.1. The number of benzene rings is 1. The van der Waals surface area contributed by atoms with Crippen LogP contribution in [-0.2, 0) is 4.74 Å². The molecule has 182 valence electrons. The van der Waals surface area contributed by atoms with Crippen LogP contribution in [0.3, 0.4) is 0 Å². The fourth-order valence-electron chi connectivity index (χ4n) is 2.42. The number of rotatable bonds is 6. The second-order valence-electron chi connectivity index (χ2n) is 6.65. The quantitative estimate of drug-likeness (QED) is 0.273. The van der Waals surface area contributed by atoms with E-state index in [2.05, 4.69) is 32.2 Å². The van der Waals surface area contributed by atoms with E-state index < -0.39 is 0 Å². The maximum atomic E-state index is 5.81. The molecule has 2 aromatic heterocycles. The van der Waals surface area contributed by atoms with Gasteiger partial charge in [-0.2, -0.15) is 0 Å². The van der Waals surface area contributed by atoms with Gasteiger partial charge < -0.3 is 19.8 Å². The van der Waals surface area contributed by atoms with Crippen LogP contribution in [0.1, 0.15) is 39.7 Å². The molecule has 0 aliphatic carbocycles. The largest absolute Gasteiger partial charge is 0.468 e. The van der Waals surface area contributed by atoms with Crippen molar-refractivity contribution in [3.8, 4) is 11.3 Å². The molecule has 0 unspecified atom stereocenters. The number of oxazole rings is 1. The average molecular weight is 484 g/mol. The van der Waals surface area contributed by atoms with Crippen molar-refractivity contribution >= 4 is 35.0 Å². The van der Waals surface area contributed by atoms with Crippen molar-refractivity contribution in [3.63, 3.8) is 0 Å². The molecule has 0 saturated carbocycles. The Bertz CT molecular complexity index is 1060. The number of hydrogen-bond donors (Lipinski definition) is 2. The molecular weight excluding hydrogens is 450 g/mol. The molecule has 0 bridgehead atoms. The summed E-state index contributed by atoms with van der Waals surface area (Å²) in [6, 6.07) is 10.5. The van der Waals surface area contributed by atoms with Gasteiger partial charge in [0.2, 0.25) is 0 Å². The molecule has 0 fully saturated rings. The van der Waals surface area contributed by atoms with Gasteiger partial charge in [0.1, 0.15) is 0 Å². The van der Waals surface area contributed by atoms with Crippen LogP contribution in [0.4, 0.5) is 17.4 Å². The SMILES string of the molecule is C=C(C)Cl.CC.CC/C=C/N=C(Nc1ccc(C)c(Nc2ncc(-c3ccncc3)o2)c1)OC. The van der Waals surface area contributed by atoms with Crippen molar-refractivity contribution in [2.45, 2.75) is 41.0 Å². The Labute approximate surface area is 207 Å². The van der Waals surface area contributed by atoms with Gasteiger partial charge in [0.25, 0.3) is 12.0 Å². The molecule has 2 heterocycles. The number of allylic oxidation sites excluding steroid dienone is 2. The summed E-state index contributed by atoms with van der Waals surface area (Å²) in [4.78, 5) is 12.6. The first-order valence-corrected chi connectivity index (χ1v) is 11.4. The number of pyridine rings is 1. The molecule has 1 aromatic carbocycles. The molecule has 7 nitrogen and oxygen atoms in total. The van der Waals surface area contributed by atoms with E-state index in [1.165, 1.54) is 0 Å². The molecule has 0 radical (unpaired) electrons. The van der Waals surface area contributed by atoms with Crippen LogP contribution in [0.15, 0.2) is 82.2 Å². The number of methoxy groups -OCH3 is 1. The van der Waals surface area contributed by atoms with Gasteiger partial charge in [-0.25, -0.2) is 9.98 Å². The Morgan fingerprint density at radius 3 is 2.53 bits per heavy atom. The van der Waals surface area contributed by atoms with E-state index in [4.69, 9.17) is 20.8 Å². The third-order valence-corrected chi connectivity index (χ3v) is 3.93. The minimum atomic E-state index is 0.413. The minimum Gasteiger partial charge on any atom is -0.468 e. The number of ether oxygens (including phenoxy) is 1. The van der Waals surface area contributed by atoms with Gasteiger partial charge in [0, 0.05) is 40.6 Å². The fourth-order valence-corrected chi connectivity index (χ4v) is 2.42. The first kappa shape index (κ1) is 28.5. The van der Waals surface area contributed by atoms with Crippen LogP contribution in [0.2, 0.25) is 0 Å². The van der Waals surface area contributed by atoms with Gasteiger partial charge in [0.15, 0.2) is 5.76 Å². The number of aliphatic imine (C=N–C) groups is 1. The lowest BCUT2D eigenvalue weighted by Crippen LogP contribution is -2.13. The fraction of sp³-hybridized carbons (Fsp3) is 0.269. The van der Waals surface area contributed by atoms with Crippen molar-refractivity contribution in [1.82, 2.24) is 9.97 Å². The molecule has 34 heavy (non-hydrogen) atoms. The number of aryl methyl sites for hydroxylation is 1. The zero-order valence-corrected chi connectivity index (χ0v) is 21.5. The summed E-state index contributed by atoms with van der Waals surface area (Å²) < 4.78 is 11.1. The highest BCUT2D eigenvalue weighted by atomic mass is 35.5. The van der Waals surface area contributed by atoms with Crippen LogP contribution < -0.4 is 10.6 Å². The number of nitrogens with one attached hydrogen (secondary N) is 2. The number of nitrogens with zero attached hydrogens (tertiary/aromatic N) is 3. The lowest BCUT2D eigenvalue weighted by molar-refractivity contribution is 0.402. The summed E-state index contributed by atoms with van der Waals surface area (Å²) in [5, 5.41) is 7.01. The van der Waals surface area contributed by atoms with E-state index >= 15 is 0 Å². The van der Waals surface area contributed by atoms with E-state index in [1.807, 2.05) is 64.1 Å². The Hall–Kier alpha value is -3.58. The van der Waals surface area contributed by atoms with E-state index in [-0.39, 0.29) is 0 Å². The van der Waals surface area contributed by atoms with Gasteiger partial charge in [-0.15, -0.1) is 0 Å². The van der Waals surface area contributed by atoms with Crippen LogP contribution in [0.25, 0.3) is 11.3 Å². The summed E-state index contributed by atoms with van der Waals surface area (Å²) >= 11 is 5.08. The van der Waals surface area contributed by atoms with Crippen molar-refractivity contribution in [2.75, 3.05) is 17.7 Å². The third kappa shape index (κ3) is 10.4. The smallest absolute Gasteiger partial charge is 0.299 e. The molecule has 0 atom stereocenters. The first-order chi connectivity index (χ1) is 16.4. The highest BCUT2D eigenvalue weighted by Gasteiger charge is 2.09. The van der Waals surface area contributed by atoms with E-state index in [9.17, 15) is 0 Å². The zero-order chi connectivity index (χ0) is 25.3. The predicted octanol–water partition coefficient (Wildman–Crippen LogP) is 7.91. The van der Waals surface area contributed by atoms with Gasteiger partial charge in [0.05, 0.1) is 13.3 Å². The third-order valence-electron chi connectivity index (χ3n) is 3.93. The van der Waals surface area contributed by atoms with Crippen LogP contribution in [0.5, 0.6) is 0 Å². The molecule has 0 saturated heterocycles. The maximum Gasteiger partial charge on any atom is 0.299 e. The molecule has 0 spiro atoms. The Balaban J connectivity index is 0.000000872. The first-order valence-electron chi connectivity index (χ1n) is 11.0. The number of aromatic nitrogens is 2. The van der Waals surface area contributed by atoms with Crippen LogP contribution in [0, 0.1) is 6.92 Å². The average Bonchev–Trinajstić information content (AvgIpc) is 3.31. The summed E-state index contributed by atoms with van der Waals surface area (Å²) in [7, 11) is 1.58. The zero-order valence-electron chi connectivity index (χ0n) is 20.7. The maximum absolute atomic E-state index is 5.81. The van der Waals surface area contributed by atoms with Crippen molar-refractivity contribution in [1.29, 1.82) is 0 Å². The van der Waals surface area contributed by atoms with Gasteiger partial charge in [-0.05, 0) is 50.1 Å². The summed E-state index contributed by atoms with van der Waals surface area (Å²) in [6.07, 6.45) is 9.70. The molecule has 0 aliphatic rings. The number of amidine groups is 1. The van der Waals surface area contributed by atoms with E-state index in [1.54, 1.807) is 38.8 Å². The standard InChI is InChI=1S/C21H23N5O2.C3H5Cl.C2H6/c1-4-5-10-23-20(27-3)25-17-7-6-15(2)18(13-17)26-21-24-14-19(28-21)16-8-11-22-12-9-16;1-3(2)4;1-2/h5-14H,4H2,1-3H3,(H,23,25)(H,24,26);1H2,2H3;1-2H3/b10-5+;;. The Kier molecular flexibility index (Phi) is 13.5. The molecule has 0 aliphatic heterocycles. The van der Waals surface area contributed by atoms with Crippen molar-refractivity contribution in [3.05, 3.63) is 78.4 Å². The van der Waals surface area contributed by atoms with Crippen LogP contribution in [-0.4, -0.2) is 23.1 Å². The van der Waals surface area contributed by atoms with Crippen molar-refractivity contribution < 1.29 is 9.15 Å². The number of halogens is 1. The molecular formula is C26H34ClN5O2. The normalized spacial score (nSPS) is 10.5. The number of hydrogen-bond acceptors (Lipinski definition) is 6. The molecule has 2 N–H and O–H groups in total. The van der Waals surface area contributed by atoms with E-state index in [0.29, 0.717) is 22.8 Å². The Morgan fingerprint density at radius 1 is 1.24 bits per heavy atom. The molecule has 3 rings (SSSR count). The van der Waals surface area contributed by atoms with E-state index in [0.717, 1.165) is 28.9 Å². The van der Waals surface area contributed by atoms with Gasteiger partial charge in [-0.3, -0.25) is 4.98 Å². The molecule has 0 amide bonds. The summed E-state index contributed by atoms with van der Waals surface area (Å²) in [5.74, 6) is 0.674. The van der Waals surface area contributed by atoms with Gasteiger partial charge in [-0.1, -0.05) is 51.1 Å². The second-order valence-corrected chi connectivity index (χ2v) is 7.30. The molecule has 3 aromatic rings. The highest BCUT2D eigenvalue weighted by Crippen LogP contribution is 2.27. The lowest BCUT2D eigenvalue weighted by atomic mass is 10.2.